The number of nitrogens with zero attached hydrogens (tertiary/aromatic N) is 1. The molecule has 0 radical (unpaired) electrons. The summed E-state index contributed by atoms with van der Waals surface area (Å²) in [6.07, 6.45) is 1.72. The molecular formula is C17H22N2O5. The molecule has 0 bridgehead atoms. The van der Waals surface area contributed by atoms with Crippen molar-refractivity contribution in [2.24, 2.45) is 5.92 Å². The Hall–Kier alpha value is -2.12. The Bertz CT molecular complexity index is 642. The molecule has 1 unspecified atom stereocenters. The number of amides is 2. The van der Waals surface area contributed by atoms with E-state index in [4.69, 9.17) is 14.7 Å². The largest absolute Gasteiger partial charge is 0.491 e. The maximum atomic E-state index is 12.8. The van der Waals surface area contributed by atoms with E-state index < -0.39 is 5.91 Å². The Kier molecular flexibility index (Phi) is 4.73. The number of hydrogen-bond acceptors (Lipinski definition) is 5. The Morgan fingerprint density at radius 1 is 1.38 bits per heavy atom. The molecule has 2 amide bonds. The number of carbonyl (C=O) groups excluding carboxylic acids is 2. The molecule has 1 aromatic rings. The van der Waals surface area contributed by atoms with Crippen molar-refractivity contribution in [3.63, 3.8) is 0 Å². The van der Waals surface area contributed by atoms with E-state index in [0.29, 0.717) is 24.5 Å². The van der Waals surface area contributed by atoms with E-state index in [1.807, 2.05) is 11.8 Å². The smallest absolute Gasteiger partial charge is 0.274 e. The van der Waals surface area contributed by atoms with E-state index in [2.05, 4.69) is 0 Å². The fourth-order valence-electron chi connectivity index (χ4n) is 3.15. The zero-order chi connectivity index (χ0) is 17.3. The van der Waals surface area contributed by atoms with Gasteiger partial charge in [-0.25, -0.2) is 5.48 Å². The third-order valence-electron chi connectivity index (χ3n) is 4.84. The number of carbonyl (C=O) groups is 2. The number of nitrogens with one attached hydrogen (secondary N) is 1. The van der Waals surface area contributed by atoms with Crippen molar-refractivity contribution < 1.29 is 24.3 Å². The van der Waals surface area contributed by atoms with Gasteiger partial charge < -0.3 is 14.4 Å². The van der Waals surface area contributed by atoms with Crippen LogP contribution in [0.2, 0.25) is 0 Å². The lowest BCUT2D eigenvalue weighted by atomic mass is 9.81. The SMILES string of the molecule is COC1CC(C(=O)N2Cc3ccc(C(=O)NO)cc3OCC2C)C1. The summed E-state index contributed by atoms with van der Waals surface area (Å²) < 4.78 is 11.0. The summed E-state index contributed by atoms with van der Waals surface area (Å²) in [5.74, 6) is 0.121. The minimum atomic E-state index is -0.591. The summed E-state index contributed by atoms with van der Waals surface area (Å²) in [7, 11) is 1.67. The van der Waals surface area contributed by atoms with Gasteiger partial charge >= 0.3 is 0 Å². The third-order valence-corrected chi connectivity index (χ3v) is 4.84. The zero-order valence-electron chi connectivity index (χ0n) is 13.8. The number of benzene rings is 1. The highest BCUT2D eigenvalue weighted by Crippen LogP contribution is 2.34. The van der Waals surface area contributed by atoms with Crippen molar-refractivity contribution in [2.45, 2.75) is 38.5 Å². The molecule has 1 aliphatic heterocycles. The lowest BCUT2D eigenvalue weighted by molar-refractivity contribution is -0.146. The highest BCUT2D eigenvalue weighted by Gasteiger charge is 2.39. The van der Waals surface area contributed by atoms with Crippen LogP contribution in [0.1, 0.15) is 35.7 Å². The minimum Gasteiger partial charge on any atom is -0.491 e. The van der Waals surface area contributed by atoms with Crippen LogP contribution in [0.5, 0.6) is 5.75 Å². The van der Waals surface area contributed by atoms with Gasteiger partial charge in [0.1, 0.15) is 12.4 Å². The van der Waals surface area contributed by atoms with Gasteiger partial charge in [-0.2, -0.15) is 0 Å². The van der Waals surface area contributed by atoms with Crippen molar-refractivity contribution in [2.75, 3.05) is 13.7 Å². The standard InChI is InChI=1S/C17H22N2O5/c1-10-9-24-15-7-11(16(20)18-22)3-4-12(15)8-19(10)17(21)13-5-14(6-13)23-2/h3-4,7,10,13-14,22H,5-6,8-9H2,1-2H3,(H,18,20). The lowest BCUT2D eigenvalue weighted by Gasteiger charge is -2.38. The summed E-state index contributed by atoms with van der Waals surface area (Å²) in [6.45, 7) is 2.77. The average Bonchev–Trinajstić information content (AvgIpc) is 2.72. The number of methoxy groups -OCH3 is 1. The first-order chi connectivity index (χ1) is 11.5. The molecule has 7 nitrogen and oxygen atoms in total. The fourth-order valence-corrected chi connectivity index (χ4v) is 3.15. The molecule has 130 valence electrons. The van der Waals surface area contributed by atoms with Gasteiger partial charge in [-0.05, 0) is 31.9 Å². The van der Waals surface area contributed by atoms with Crippen molar-refractivity contribution in [1.82, 2.24) is 10.4 Å². The molecule has 24 heavy (non-hydrogen) atoms. The first-order valence-electron chi connectivity index (χ1n) is 8.07. The Labute approximate surface area is 140 Å². The van der Waals surface area contributed by atoms with Crippen LogP contribution in [0.25, 0.3) is 0 Å². The fraction of sp³-hybridized carbons (Fsp3) is 0.529. The van der Waals surface area contributed by atoms with Gasteiger partial charge in [-0.3, -0.25) is 14.8 Å². The van der Waals surface area contributed by atoms with E-state index in [9.17, 15) is 9.59 Å². The van der Waals surface area contributed by atoms with E-state index in [1.165, 1.54) is 0 Å². The molecule has 0 saturated heterocycles. The second-order valence-corrected chi connectivity index (χ2v) is 6.42. The topological polar surface area (TPSA) is 88.1 Å². The molecule has 1 aromatic carbocycles. The maximum Gasteiger partial charge on any atom is 0.274 e. The average molecular weight is 334 g/mol. The molecule has 3 rings (SSSR count). The highest BCUT2D eigenvalue weighted by molar-refractivity contribution is 5.93. The normalized spacial score (nSPS) is 25.8. The molecule has 1 saturated carbocycles. The quantitative estimate of drug-likeness (QED) is 0.643. The van der Waals surface area contributed by atoms with Crippen LogP contribution in [0.15, 0.2) is 18.2 Å². The number of hydroxylamine groups is 1. The van der Waals surface area contributed by atoms with Crippen LogP contribution in [0.3, 0.4) is 0 Å². The van der Waals surface area contributed by atoms with Gasteiger partial charge in [-0.15, -0.1) is 0 Å². The van der Waals surface area contributed by atoms with Gasteiger partial charge in [0, 0.05) is 30.7 Å². The lowest BCUT2D eigenvalue weighted by Crippen LogP contribution is -2.48. The summed E-state index contributed by atoms with van der Waals surface area (Å²) in [6, 6.07) is 4.90. The van der Waals surface area contributed by atoms with Crippen molar-refractivity contribution in [3.05, 3.63) is 29.3 Å². The van der Waals surface area contributed by atoms with Gasteiger partial charge in [0.2, 0.25) is 5.91 Å². The van der Waals surface area contributed by atoms with Gasteiger partial charge in [0.25, 0.3) is 5.91 Å². The van der Waals surface area contributed by atoms with Crippen LogP contribution in [-0.4, -0.2) is 47.8 Å². The molecule has 1 aliphatic carbocycles. The molecule has 2 N–H and O–H groups in total. The van der Waals surface area contributed by atoms with Crippen molar-refractivity contribution in [1.29, 1.82) is 0 Å². The third kappa shape index (κ3) is 3.09. The van der Waals surface area contributed by atoms with Crippen molar-refractivity contribution >= 4 is 11.8 Å². The molecule has 7 heteroatoms. The van der Waals surface area contributed by atoms with Crippen LogP contribution in [0, 0.1) is 5.92 Å². The molecular weight excluding hydrogens is 312 g/mol. The monoisotopic (exact) mass is 334 g/mol. The highest BCUT2D eigenvalue weighted by atomic mass is 16.5. The predicted octanol–water partition coefficient (Wildman–Crippen LogP) is 1.34. The number of fused-ring (bicyclic) bond motifs is 1. The first kappa shape index (κ1) is 16.7. The second kappa shape index (κ2) is 6.78. The molecule has 0 spiro atoms. The predicted molar refractivity (Wildman–Crippen MR) is 84.7 cm³/mol. The van der Waals surface area contributed by atoms with Crippen molar-refractivity contribution in [3.8, 4) is 5.75 Å². The maximum absolute atomic E-state index is 12.8. The van der Waals surface area contributed by atoms with E-state index in [1.54, 1.807) is 30.8 Å². The number of ether oxygens (including phenoxy) is 2. The Morgan fingerprint density at radius 2 is 2.12 bits per heavy atom. The van der Waals surface area contributed by atoms with E-state index in [0.717, 1.165) is 18.4 Å². The first-order valence-corrected chi connectivity index (χ1v) is 8.07. The van der Waals surface area contributed by atoms with Crippen LogP contribution < -0.4 is 10.2 Å². The number of hydrogen-bond donors (Lipinski definition) is 2. The molecule has 1 fully saturated rings. The van der Waals surface area contributed by atoms with Gasteiger partial charge in [0.15, 0.2) is 0 Å². The van der Waals surface area contributed by atoms with Crippen LogP contribution >= 0.6 is 0 Å². The summed E-state index contributed by atoms with van der Waals surface area (Å²) in [5, 5.41) is 8.74. The summed E-state index contributed by atoms with van der Waals surface area (Å²) in [4.78, 5) is 26.1. The molecule has 1 atom stereocenters. The Balaban J connectivity index is 1.77. The zero-order valence-corrected chi connectivity index (χ0v) is 13.8. The van der Waals surface area contributed by atoms with Gasteiger partial charge in [-0.1, -0.05) is 6.07 Å². The van der Waals surface area contributed by atoms with Crippen LogP contribution in [-0.2, 0) is 16.1 Å². The van der Waals surface area contributed by atoms with Crippen LogP contribution in [0.4, 0.5) is 0 Å². The molecule has 2 aliphatic rings. The molecule has 0 aromatic heterocycles. The minimum absolute atomic E-state index is 0.0124. The van der Waals surface area contributed by atoms with Gasteiger partial charge in [0.05, 0.1) is 12.1 Å². The molecule has 1 heterocycles. The summed E-state index contributed by atoms with van der Waals surface area (Å²) >= 11 is 0. The second-order valence-electron chi connectivity index (χ2n) is 6.42. The summed E-state index contributed by atoms with van der Waals surface area (Å²) in [5.41, 5.74) is 2.77. The number of rotatable bonds is 3. The van der Waals surface area contributed by atoms with E-state index in [-0.39, 0.29) is 24.0 Å². The Morgan fingerprint density at radius 3 is 2.79 bits per heavy atom. The van der Waals surface area contributed by atoms with E-state index >= 15 is 0 Å².